The summed E-state index contributed by atoms with van der Waals surface area (Å²) in [5.74, 6) is 0. The largest absolute Gasteiger partial charge is 0.399 e. The highest BCUT2D eigenvalue weighted by Crippen LogP contribution is 2.22. The van der Waals surface area contributed by atoms with Crippen molar-refractivity contribution in [3.05, 3.63) is 18.2 Å². The zero-order chi connectivity index (χ0) is 8.97. The molecule has 1 rings (SSSR count). The lowest BCUT2D eigenvalue weighted by Gasteiger charge is -2.07. The molecule has 0 saturated carbocycles. The molecule has 4 nitrogen and oxygen atoms in total. The van der Waals surface area contributed by atoms with Crippen molar-refractivity contribution in [3.8, 4) is 0 Å². The number of anilines is 3. The molecule has 1 aromatic carbocycles. The normalized spacial score (nSPS) is 9.08. The lowest BCUT2D eigenvalue weighted by molar-refractivity contribution is -0.105. The van der Waals surface area contributed by atoms with Crippen LogP contribution in [0.15, 0.2) is 18.2 Å². The minimum Gasteiger partial charge on any atom is -0.399 e. The number of nitrogens with one attached hydrogen (secondary N) is 2. The summed E-state index contributed by atoms with van der Waals surface area (Å²) in [5.41, 5.74) is 7.74. The van der Waals surface area contributed by atoms with E-state index in [0.717, 1.165) is 11.4 Å². The number of hydrogen-bond acceptors (Lipinski definition) is 3. The van der Waals surface area contributed by atoms with E-state index in [1.54, 1.807) is 25.2 Å². The number of rotatable bonds is 3. The Morgan fingerprint density at radius 1 is 1.42 bits per heavy atom. The second-order valence-corrected chi connectivity index (χ2v) is 2.32. The van der Waals surface area contributed by atoms with E-state index in [1.807, 2.05) is 0 Å². The van der Waals surface area contributed by atoms with Crippen LogP contribution < -0.4 is 16.4 Å². The van der Waals surface area contributed by atoms with E-state index < -0.39 is 0 Å². The summed E-state index contributed by atoms with van der Waals surface area (Å²) >= 11 is 0. The molecule has 12 heavy (non-hydrogen) atoms. The topological polar surface area (TPSA) is 67.2 Å². The van der Waals surface area contributed by atoms with Gasteiger partial charge in [-0.25, -0.2) is 0 Å². The van der Waals surface area contributed by atoms with E-state index in [-0.39, 0.29) is 0 Å². The summed E-state index contributed by atoms with van der Waals surface area (Å²) in [6.45, 7) is 0. The lowest BCUT2D eigenvalue weighted by Crippen LogP contribution is -2.00. The van der Waals surface area contributed by atoms with Crippen LogP contribution in [0.2, 0.25) is 0 Å². The fourth-order valence-corrected chi connectivity index (χ4v) is 0.958. The van der Waals surface area contributed by atoms with E-state index in [1.165, 1.54) is 0 Å². The molecule has 0 spiro atoms. The van der Waals surface area contributed by atoms with Gasteiger partial charge in [-0.2, -0.15) is 0 Å². The van der Waals surface area contributed by atoms with E-state index in [2.05, 4.69) is 10.6 Å². The maximum atomic E-state index is 10.2. The minimum absolute atomic E-state index is 0.631. The van der Waals surface area contributed by atoms with E-state index >= 15 is 0 Å². The second-order valence-electron chi connectivity index (χ2n) is 2.32. The first-order valence-corrected chi connectivity index (χ1v) is 3.55. The third-order valence-corrected chi connectivity index (χ3v) is 1.53. The molecular weight excluding hydrogens is 154 g/mol. The number of nitrogens with two attached hydrogens (primary N) is 1. The molecule has 0 heterocycles. The van der Waals surface area contributed by atoms with Gasteiger partial charge in [0.1, 0.15) is 0 Å². The monoisotopic (exact) mass is 165 g/mol. The SMILES string of the molecule is CNc1cc(N)ccc1NC=O. The highest BCUT2D eigenvalue weighted by Gasteiger charge is 1.98. The Morgan fingerprint density at radius 3 is 2.75 bits per heavy atom. The van der Waals surface area contributed by atoms with Crippen LogP contribution in [0.4, 0.5) is 17.1 Å². The van der Waals surface area contributed by atoms with Crippen LogP contribution in [-0.4, -0.2) is 13.5 Å². The van der Waals surface area contributed by atoms with Gasteiger partial charge in [-0.05, 0) is 18.2 Å². The summed E-state index contributed by atoms with van der Waals surface area (Å²) in [6, 6.07) is 5.23. The van der Waals surface area contributed by atoms with Crippen molar-refractivity contribution in [1.29, 1.82) is 0 Å². The minimum atomic E-state index is 0.631. The van der Waals surface area contributed by atoms with Crippen molar-refractivity contribution >= 4 is 23.5 Å². The molecule has 0 radical (unpaired) electrons. The summed E-state index contributed by atoms with van der Waals surface area (Å²) in [5, 5.41) is 5.48. The molecule has 1 amide bonds. The first-order chi connectivity index (χ1) is 5.77. The molecule has 0 aliphatic heterocycles. The Kier molecular flexibility index (Phi) is 2.53. The third kappa shape index (κ3) is 1.66. The van der Waals surface area contributed by atoms with Gasteiger partial charge in [0, 0.05) is 12.7 Å². The fraction of sp³-hybridized carbons (Fsp3) is 0.125. The Hall–Kier alpha value is -1.71. The highest BCUT2D eigenvalue weighted by atomic mass is 16.1. The number of carbonyl (C=O) groups is 1. The quantitative estimate of drug-likeness (QED) is 0.460. The summed E-state index contributed by atoms with van der Waals surface area (Å²) < 4.78 is 0. The molecule has 64 valence electrons. The second kappa shape index (κ2) is 3.61. The molecule has 0 aromatic heterocycles. The van der Waals surface area contributed by atoms with Crippen LogP contribution in [-0.2, 0) is 4.79 Å². The van der Waals surface area contributed by atoms with Gasteiger partial charge in [-0.15, -0.1) is 0 Å². The average Bonchev–Trinajstić information content (AvgIpc) is 2.08. The molecule has 0 bridgehead atoms. The maximum Gasteiger partial charge on any atom is 0.211 e. The number of hydrogen-bond donors (Lipinski definition) is 3. The molecule has 0 saturated heterocycles. The van der Waals surface area contributed by atoms with Crippen molar-refractivity contribution in [2.24, 2.45) is 0 Å². The van der Waals surface area contributed by atoms with Gasteiger partial charge in [0.15, 0.2) is 0 Å². The van der Waals surface area contributed by atoms with Crippen LogP contribution in [0, 0.1) is 0 Å². The molecule has 1 aromatic rings. The van der Waals surface area contributed by atoms with Crippen molar-refractivity contribution in [1.82, 2.24) is 0 Å². The Labute approximate surface area is 70.8 Å². The fourth-order valence-electron chi connectivity index (χ4n) is 0.958. The standard InChI is InChI=1S/C8H11N3O/c1-10-8-4-6(9)2-3-7(8)11-5-12/h2-5,10H,9H2,1H3,(H,11,12). The first kappa shape index (κ1) is 8.39. The highest BCUT2D eigenvalue weighted by molar-refractivity contribution is 5.82. The number of carbonyl (C=O) groups excluding carboxylic acids is 1. The van der Waals surface area contributed by atoms with Crippen molar-refractivity contribution in [2.45, 2.75) is 0 Å². The van der Waals surface area contributed by atoms with Crippen LogP contribution in [0.1, 0.15) is 0 Å². The molecular formula is C8H11N3O. The van der Waals surface area contributed by atoms with Crippen LogP contribution >= 0.6 is 0 Å². The van der Waals surface area contributed by atoms with Crippen LogP contribution in [0.25, 0.3) is 0 Å². The molecule has 0 atom stereocenters. The van der Waals surface area contributed by atoms with Gasteiger partial charge in [0.2, 0.25) is 6.41 Å². The number of amides is 1. The lowest BCUT2D eigenvalue weighted by atomic mass is 10.2. The predicted molar refractivity (Wildman–Crippen MR) is 50.1 cm³/mol. The number of benzene rings is 1. The van der Waals surface area contributed by atoms with Gasteiger partial charge < -0.3 is 16.4 Å². The van der Waals surface area contributed by atoms with E-state index in [4.69, 9.17) is 5.73 Å². The Morgan fingerprint density at radius 2 is 2.17 bits per heavy atom. The molecule has 4 N–H and O–H groups in total. The Balaban J connectivity index is 3.01. The van der Waals surface area contributed by atoms with Crippen molar-refractivity contribution in [3.63, 3.8) is 0 Å². The first-order valence-electron chi connectivity index (χ1n) is 3.55. The van der Waals surface area contributed by atoms with Crippen LogP contribution in [0.3, 0.4) is 0 Å². The smallest absolute Gasteiger partial charge is 0.211 e. The summed E-state index contributed by atoms with van der Waals surface area (Å²) in [6.07, 6.45) is 0.631. The third-order valence-electron chi connectivity index (χ3n) is 1.53. The molecule has 0 fully saturated rings. The van der Waals surface area contributed by atoms with Crippen LogP contribution in [0.5, 0.6) is 0 Å². The summed E-state index contributed by atoms with van der Waals surface area (Å²) in [4.78, 5) is 10.2. The molecule has 0 aliphatic carbocycles. The summed E-state index contributed by atoms with van der Waals surface area (Å²) in [7, 11) is 1.77. The van der Waals surface area contributed by atoms with Gasteiger partial charge in [0.05, 0.1) is 11.4 Å². The average molecular weight is 165 g/mol. The van der Waals surface area contributed by atoms with Gasteiger partial charge in [0.25, 0.3) is 0 Å². The maximum absolute atomic E-state index is 10.2. The predicted octanol–water partition coefficient (Wildman–Crippen LogP) is 0.879. The molecule has 0 aliphatic rings. The zero-order valence-corrected chi connectivity index (χ0v) is 6.79. The van der Waals surface area contributed by atoms with Gasteiger partial charge in [-0.3, -0.25) is 4.79 Å². The molecule has 4 heteroatoms. The van der Waals surface area contributed by atoms with Gasteiger partial charge in [-0.1, -0.05) is 0 Å². The van der Waals surface area contributed by atoms with Crippen molar-refractivity contribution < 1.29 is 4.79 Å². The van der Waals surface area contributed by atoms with E-state index in [9.17, 15) is 4.79 Å². The molecule has 0 unspecified atom stereocenters. The number of nitrogen functional groups attached to an aromatic ring is 1. The van der Waals surface area contributed by atoms with Gasteiger partial charge >= 0.3 is 0 Å². The van der Waals surface area contributed by atoms with E-state index in [0.29, 0.717) is 12.1 Å². The Bertz CT molecular complexity index is 286. The zero-order valence-electron chi connectivity index (χ0n) is 6.79. The van der Waals surface area contributed by atoms with Crippen molar-refractivity contribution in [2.75, 3.05) is 23.4 Å².